The zero-order valence-corrected chi connectivity index (χ0v) is 17.4. The number of carbonyl (C=O) groups excluding carboxylic acids is 1. The van der Waals surface area contributed by atoms with E-state index < -0.39 is 0 Å². The maximum Gasteiger partial charge on any atom is 0.255 e. The molecule has 0 saturated heterocycles. The van der Waals surface area contributed by atoms with Gasteiger partial charge in [0.05, 0.1) is 14.2 Å². The molecule has 2 aromatic carbocycles. The second-order valence-corrected chi connectivity index (χ2v) is 6.87. The highest BCUT2D eigenvalue weighted by Gasteiger charge is 2.15. The Labute approximate surface area is 163 Å². The van der Waals surface area contributed by atoms with Crippen molar-refractivity contribution in [3.05, 3.63) is 46.4 Å². The Kier molecular flexibility index (Phi) is 6.91. The summed E-state index contributed by atoms with van der Waals surface area (Å²) in [6.07, 6.45) is 0. The molecule has 0 spiro atoms. The summed E-state index contributed by atoms with van der Waals surface area (Å²) < 4.78 is 11.3. The van der Waals surface area contributed by atoms with E-state index in [0.29, 0.717) is 27.6 Å². The number of anilines is 2. The maximum atomic E-state index is 12.6. The van der Waals surface area contributed by atoms with Gasteiger partial charge < -0.3 is 19.7 Å². The number of rotatable bonds is 7. The molecule has 1 amide bonds. The summed E-state index contributed by atoms with van der Waals surface area (Å²) in [7, 11) is 3.10. The minimum Gasteiger partial charge on any atom is -0.495 e. The molecule has 5 nitrogen and oxygen atoms in total. The monoisotopic (exact) mass is 420 g/mol. The molecule has 0 aliphatic rings. The van der Waals surface area contributed by atoms with Gasteiger partial charge in [-0.2, -0.15) is 0 Å². The van der Waals surface area contributed by atoms with Gasteiger partial charge in [-0.25, -0.2) is 0 Å². The summed E-state index contributed by atoms with van der Waals surface area (Å²) in [5.74, 6) is 0.860. The first-order valence-electron chi connectivity index (χ1n) is 8.50. The number of amides is 1. The lowest BCUT2D eigenvalue weighted by Gasteiger charge is -2.27. The molecule has 0 atom stereocenters. The summed E-state index contributed by atoms with van der Waals surface area (Å²) in [5.41, 5.74) is 2.33. The molecule has 0 bridgehead atoms. The number of halogens is 1. The fourth-order valence-electron chi connectivity index (χ4n) is 2.79. The summed E-state index contributed by atoms with van der Waals surface area (Å²) >= 11 is 3.41. The van der Waals surface area contributed by atoms with E-state index in [1.165, 1.54) is 0 Å². The summed E-state index contributed by atoms with van der Waals surface area (Å²) in [5, 5.41) is 2.91. The highest BCUT2D eigenvalue weighted by molar-refractivity contribution is 9.10. The van der Waals surface area contributed by atoms with Crippen LogP contribution in [0.3, 0.4) is 0 Å². The van der Waals surface area contributed by atoms with Crippen LogP contribution in [-0.2, 0) is 0 Å². The Balaban J connectivity index is 2.20. The molecule has 0 radical (unpaired) electrons. The average molecular weight is 421 g/mol. The minimum absolute atomic E-state index is 0.224. The topological polar surface area (TPSA) is 50.8 Å². The molecule has 0 aliphatic carbocycles. The number of benzene rings is 2. The molecule has 6 heteroatoms. The molecule has 0 aliphatic heterocycles. The van der Waals surface area contributed by atoms with Gasteiger partial charge >= 0.3 is 0 Å². The largest absolute Gasteiger partial charge is 0.495 e. The predicted molar refractivity (Wildman–Crippen MR) is 110 cm³/mol. The molecule has 2 aromatic rings. The highest BCUT2D eigenvalue weighted by atomic mass is 79.9. The number of hydrogen-bond donors (Lipinski definition) is 1. The van der Waals surface area contributed by atoms with Crippen molar-refractivity contribution in [3.63, 3.8) is 0 Å². The molecular weight excluding hydrogens is 396 g/mol. The third-order valence-electron chi connectivity index (χ3n) is 4.13. The van der Waals surface area contributed by atoms with Crippen molar-refractivity contribution in [2.45, 2.75) is 26.8 Å². The number of carbonyl (C=O) groups is 1. The van der Waals surface area contributed by atoms with Crippen molar-refractivity contribution >= 4 is 33.2 Å². The second-order valence-electron chi connectivity index (χ2n) is 6.08. The van der Waals surface area contributed by atoms with Crippen molar-refractivity contribution in [1.29, 1.82) is 0 Å². The lowest BCUT2D eigenvalue weighted by atomic mass is 10.1. The first kappa shape index (κ1) is 20.1. The van der Waals surface area contributed by atoms with Gasteiger partial charge in [-0.15, -0.1) is 0 Å². The Morgan fingerprint density at radius 2 is 1.65 bits per heavy atom. The van der Waals surface area contributed by atoms with E-state index in [1.54, 1.807) is 26.4 Å². The van der Waals surface area contributed by atoms with Crippen LogP contribution in [0.2, 0.25) is 0 Å². The Morgan fingerprint density at radius 1 is 1.12 bits per heavy atom. The van der Waals surface area contributed by atoms with Gasteiger partial charge in [0.25, 0.3) is 5.91 Å². The molecule has 0 saturated carbocycles. The number of methoxy groups -OCH3 is 2. The van der Waals surface area contributed by atoms with Gasteiger partial charge in [0.1, 0.15) is 16.0 Å². The van der Waals surface area contributed by atoms with Gasteiger partial charge in [-0.3, -0.25) is 4.79 Å². The van der Waals surface area contributed by atoms with Gasteiger partial charge in [0.2, 0.25) is 0 Å². The van der Waals surface area contributed by atoms with Crippen molar-refractivity contribution in [1.82, 2.24) is 0 Å². The summed E-state index contributed by atoms with van der Waals surface area (Å²) in [6, 6.07) is 11.6. The standard InChI is InChI=1S/C20H25BrN2O3/c1-6-23(13(2)3)16-9-7-15(8-10-16)22-20(24)14-11-17(25-4)19(21)18(12-14)26-5/h7-13H,6H2,1-5H3,(H,22,24). The van der Waals surface area contributed by atoms with Crippen LogP contribution < -0.4 is 19.7 Å². The Morgan fingerprint density at radius 3 is 2.08 bits per heavy atom. The Bertz CT molecular complexity index is 735. The van der Waals surface area contributed by atoms with Crippen LogP contribution in [0, 0.1) is 0 Å². The SMILES string of the molecule is CCN(c1ccc(NC(=O)c2cc(OC)c(Br)c(OC)c2)cc1)C(C)C. The van der Waals surface area contributed by atoms with E-state index >= 15 is 0 Å². The van der Waals surface area contributed by atoms with E-state index in [4.69, 9.17) is 9.47 Å². The van der Waals surface area contributed by atoms with Crippen LogP contribution in [0.5, 0.6) is 11.5 Å². The highest BCUT2D eigenvalue weighted by Crippen LogP contribution is 2.35. The van der Waals surface area contributed by atoms with Gasteiger partial charge in [-0.05, 0) is 73.1 Å². The van der Waals surface area contributed by atoms with Crippen LogP contribution in [0.1, 0.15) is 31.1 Å². The third kappa shape index (κ3) is 4.49. The zero-order chi connectivity index (χ0) is 19.3. The van der Waals surface area contributed by atoms with Gasteiger partial charge in [0, 0.05) is 29.5 Å². The van der Waals surface area contributed by atoms with Crippen LogP contribution in [0.15, 0.2) is 40.9 Å². The Hall–Kier alpha value is -2.21. The fourth-order valence-corrected chi connectivity index (χ4v) is 3.34. The van der Waals surface area contributed by atoms with Crippen molar-refractivity contribution in [2.24, 2.45) is 0 Å². The van der Waals surface area contributed by atoms with Crippen molar-refractivity contribution in [2.75, 3.05) is 31.0 Å². The van der Waals surface area contributed by atoms with Gasteiger partial charge in [0.15, 0.2) is 0 Å². The lowest BCUT2D eigenvalue weighted by Crippen LogP contribution is -2.30. The van der Waals surface area contributed by atoms with E-state index in [0.717, 1.165) is 17.9 Å². The van der Waals surface area contributed by atoms with Crippen molar-refractivity contribution < 1.29 is 14.3 Å². The molecule has 140 valence electrons. The first-order chi connectivity index (χ1) is 12.4. The summed E-state index contributed by atoms with van der Waals surface area (Å²) in [4.78, 5) is 14.9. The molecule has 0 unspecified atom stereocenters. The number of nitrogens with one attached hydrogen (secondary N) is 1. The quantitative estimate of drug-likeness (QED) is 0.687. The van der Waals surface area contributed by atoms with E-state index in [9.17, 15) is 4.79 Å². The molecule has 26 heavy (non-hydrogen) atoms. The number of hydrogen-bond acceptors (Lipinski definition) is 4. The molecule has 0 heterocycles. The molecule has 0 fully saturated rings. The van der Waals surface area contributed by atoms with Crippen molar-refractivity contribution in [3.8, 4) is 11.5 Å². The molecule has 1 N–H and O–H groups in total. The van der Waals surface area contributed by atoms with Crippen LogP contribution in [0.25, 0.3) is 0 Å². The first-order valence-corrected chi connectivity index (χ1v) is 9.30. The normalized spacial score (nSPS) is 10.6. The summed E-state index contributed by atoms with van der Waals surface area (Å²) in [6.45, 7) is 7.38. The second kappa shape index (κ2) is 8.94. The molecular formula is C20H25BrN2O3. The number of nitrogens with zero attached hydrogens (tertiary/aromatic N) is 1. The third-order valence-corrected chi connectivity index (χ3v) is 4.91. The van der Waals surface area contributed by atoms with Gasteiger partial charge in [-0.1, -0.05) is 0 Å². The zero-order valence-electron chi connectivity index (χ0n) is 15.8. The van der Waals surface area contributed by atoms with Crippen LogP contribution in [0.4, 0.5) is 11.4 Å². The van der Waals surface area contributed by atoms with E-state index in [1.807, 2.05) is 24.3 Å². The molecule has 2 rings (SSSR count). The van der Waals surface area contributed by atoms with Crippen LogP contribution in [-0.4, -0.2) is 32.7 Å². The predicted octanol–water partition coefficient (Wildman–Crippen LogP) is 4.95. The minimum atomic E-state index is -0.224. The molecule has 0 aromatic heterocycles. The number of ether oxygens (including phenoxy) is 2. The maximum absolute atomic E-state index is 12.6. The lowest BCUT2D eigenvalue weighted by molar-refractivity contribution is 0.102. The smallest absolute Gasteiger partial charge is 0.255 e. The van der Waals surface area contributed by atoms with E-state index in [-0.39, 0.29) is 5.91 Å². The van der Waals surface area contributed by atoms with E-state index in [2.05, 4.69) is 46.9 Å². The van der Waals surface area contributed by atoms with Crippen LogP contribution >= 0.6 is 15.9 Å². The fraction of sp³-hybridized carbons (Fsp3) is 0.350. The average Bonchev–Trinajstić information content (AvgIpc) is 2.63.